The second-order valence-corrected chi connectivity index (χ2v) is 16.3. The van der Waals surface area contributed by atoms with E-state index in [1.54, 1.807) is 0 Å². The Morgan fingerprint density at radius 1 is 0.344 bits per heavy atom. The van der Waals surface area contributed by atoms with Crippen molar-refractivity contribution in [3.05, 3.63) is 85.1 Å². The molecule has 6 nitrogen and oxygen atoms in total. The molecule has 0 N–H and O–H groups in total. The average Bonchev–Trinajstić information content (AvgIpc) is 3.26. The first-order chi connectivity index (χ1) is 30.0. The van der Waals surface area contributed by atoms with E-state index in [2.05, 4.69) is 106 Å². The first-order valence-corrected chi connectivity index (χ1v) is 25.1. The van der Waals surface area contributed by atoms with E-state index in [4.69, 9.17) is 14.2 Å². The van der Waals surface area contributed by atoms with E-state index in [9.17, 15) is 14.4 Å². The van der Waals surface area contributed by atoms with Gasteiger partial charge in [0.25, 0.3) is 0 Å². The summed E-state index contributed by atoms with van der Waals surface area (Å²) < 4.78 is 16.7. The van der Waals surface area contributed by atoms with Crippen LogP contribution in [0.1, 0.15) is 226 Å². The van der Waals surface area contributed by atoms with E-state index in [1.165, 1.54) is 51.4 Å². The highest BCUT2D eigenvalue weighted by molar-refractivity contribution is 5.71. The maximum Gasteiger partial charge on any atom is 0.306 e. The summed E-state index contributed by atoms with van der Waals surface area (Å²) in [6.07, 6.45) is 62.7. The van der Waals surface area contributed by atoms with Crippen LogP contribution in [0.5, 0.6) is 0 Å². The Balaban J connectivity index is 4.46. The van der Waals surface area contributed by atoms with Gasteiger partial charge < -0.3 is 14.2 Å². The average molecular weight is 849 g/mol. The van der Waals surface area contributed by atoms with Crippen molar-refractivity contribution in [2.45, 2.75) is 232 Å². The zero-order valence-corrected chi connectivity index (χ0v) is 39.7. The maximum atomic E-state index is 12.8. The molecule has 0 saturated carbocycles. The lowest BCUT2D eigenvalue weighted by Crippen LogP contribution is -2.30. The first-order valence-electron chi connectivity index (χ1n) is 25.1. The smallest absolute Gasteiger partial charge is 0.306 e. The molecule has 0 rings (SSSR count). The lowest BCUT2D eigenvalue weighted by atomic mass is 10.1. The summed E-state index contributed by atoms with van der Waals surface area (Å²) in [5.74, 6) is -0.946. The van der Waals surface area contributed by atoms with Crippen LogP contribution in [-0.2, 0) is 28.6 Å². The molecule has 0 unspecified atom stereocenters. The molecule has 0 spiro atoms. The minimum absolute atomic E-state index is 0.0956. The molecule has 1 atom stereocenters. The van der Waals surface area contributed by atoms with Crippen LogP contribution in [-0.4, -0.2) is 37.2 Å². The van der Waals surface area contributed by atoms with Crippen molar-refractivity contribution in [2.75, 3.05) is 13.2 Å². The minimum Gasteiger partial charge on any atom is -0.462 e. The standard InChI is InChI=1S/C55H92O6/c1-4-7-10-13-16-19-22-24-26-27-29-30-33-36-39-42-45-48-54(57)60-51-52(50-59-53(56)47-44-41-38-35-32-21-18-15-12-9-6-3)61-55(58)49-46-43-40-37-34-31-28-25-23-20-17-14-11-8-5-2/h7,10,15-20,24-26,28-30,52H,4-6,8-9,11-14,21-23,27,31-51H2,1-3H3/b10-7-,18-15-,19-16-,20-17-,26-24-,28-25-,30-29-/t52-/m0/s1. The molecule has 0 aromatic rings. The molecule has 6 heteroatoms. The zero-order valence-electron chi connectivity index (χ0n) is 39.7. The predicted octanol–water partition coefficient (Wildman–Crippen LogP) is 16.4. The summed E-state index contributed by atoms with van der Waals surface area (Å²) in [5, 5.41) is 0. The fourth-order valence-corrected chi connectivity index (χ4v) is 6.56. The molecule has 0 bridgehead atoms. The predicted molar refractivity (Wildman–Crippen MR) is 261 cm³/mol. The van der Waals surface area contributed by atoms with Crippen molar-refractivity contribution in [2.24, 2.45) is 0 Å². The molecular formula is C55H92O6. The third-order valence-electron chi connectivity index (χ3n) is 10.4. The Labute approximate surface area is 375 Å². The Kier molecular flexibility index (Phi) is 46.5. The SMILES string of the molecule is CC/C=C\C/C=C\C/C=C\C/C=C\CCCCCCC(=O)OC[C@H](COC(=O)CCCCCCC/C=C\CCCC)OC(=O)CCCCCCC/C=C\C/C=C\CCCCC. The van der Waals surface area contributed by atoms with Crippen molar-refractivity contribution < 1.29 is 28.6 Å². The number of hydrogen-bond donors (Lipinski definition) is 0. The van der Waals surface area contributed by atoms with Gasteiger partial charge in [0.05, 0.1) is 0 Å². The summed E-state index contributed by atoms with van der Waals surface area (Å²) in [6, 6.07) is 0. The van der Waals surface area contributed by atoms with Gasteiger partial charge in [-0.1, -0.05) is 183 Å². The van der Waals surface area contributed by atoms with Crippen LogP contribution in [0.4, 0.5) is 0 Å². The number of allylic oxidation sites excluding steroid dienone is 14. The van der Waals surface area contributed by atoms with Gasteiger partial charge in [-0.25, -0.2) is 0 Å². The summed E-state index contributed by atoms with van der Waals surface area (Å²) in [5.41, 5.74) is 0. The fourth-order valence-electron chi connectivity index (χ4n) is 6.56. The van der Waals surface area contributed by atoms with E-state index in [1.807, 2.05) is 0 Å². The van der Waals surface area contributed by atoms with Crippen molar-refractivity contribution in [3.63, 3.8) is 0 Å². The molecule has 0 saturated heterocycles. The first kappa shape index (κ1) is 57.6. The lowest BCUT2D eigenvalue weighted by Gasteiger charge is -2.18. The Morgan fingerprint density at radius 3 is 1.07 bits per heavy atom. The topological polar surface area (TPSA) is 78.9 Å². The van der Waals surface area contributed by atoms with Crippen molar-refractivity contribution in [1.29, 1.82) is 0 Å². The number of esters is 3. The van der Waals surface area contributed by atoms with Gasteiger partial charge in [0, 0.05) is 19.3 Å². The monoisotopic (exact) mass is 849 g/mol. The Hall–Kier alpha value is -3.41. The molecular weight excluding hydrogens is 757 g/mol. The van der Waals surface area contributed by atoms with Gasteiger partial charge in [0.15, 0.2) is 6.10 Å². The number of carbonyl (C=O) groups excluding carboxylic acids is 3. The highest BCUT2D eigenvalue weighted by Crippen LogP contribution is 2.13. The quantitative estimate of drug-likeness (QED) is 0.0263. The number of rotatable bonds is 44. The van der Waals surface area contributed by atoms with Crippen LogP contribution in [0, 0.1) is 0 Å². The van der Waals surface area contributed by atoms with Crippen molar-refractivity contribution in [3.8, 4) is 0 Å². The van der Waals surface area contributed by atoms with Gasteiger partial charge >= 0.3 is 17.9 Å². The molecule has 0 aliphatic carbocycles. The van der Waals surface area contributed by atoms with Gasteiger partial charge in [-0.3, -0.25) is 14.4 Å². The highest BCUT2D eigenvalue weighted by Gasteiger charge is 2.19. The van der Waals surface area contributed by atoms with E-state index < -0.39 is 6.10 Å². The largest absolute Gasteiger partial charge is 0.462 e. The molecule has 0 aliphatic rings. The van der Waals surface area contributed by atoms with Crippen molar-refractivity contribution >= 4 is 17.9 Å². The molecule has 0 amide bonds. The van der Waals surface area contributed by atoms with Gasteiger partial charge in [-0.2, -0.15) is 0 Å². The van der Waals surface area contributed by atoms with E-state index in [0.29, 0.717) is 19.3 Å². The molecule has 0 heterocycles. The van der Waals surface area contributed by atoms with Crippen LogP contribution in [0.2, 0.25) is 0 Å². The summed E-state index contributed by atoms with van der Waals surface area (Å²) in [4.78, 5) is 37.9. The minimum atomic E-state index is -0.796. The Morgan fingerprint density at radius 2 is 0.656 bits per heavy atom. The molecule has 61 heavy (non-hydrogen) atoms. The number of carbonyl (C=O) groups is 3. The van der Waals surface area contributed by atoms with E-state index in [0.717, 1.165) is 135 Å². The second-order valence-electron chi connectivity index (χ2n) is 16.3. The number of hydrogen-bond acceptors (Lipinski definition) is 6. The summed E-state index contributed by atoms with van der Waals surface area (Å²) in [7, 11) is 0. The summed E-state index contributed by atoms with van der Waals surface area (Å²) >= 11 is 0. The highest BCUT2D eigenvalue weighted by atomic mass is 16.6. The van der Waals surface area contributed by atoms with Crippen LogP contribution >= 0.6 is 0 Å². The molecule has 0 radical (unpaired) electrons. The third kappa shape index (κ3) is 47.5. The molecule has 0 aromatic heterocycles. The van der Waals surface area contributed by atoms with Crippen LogP contribution in [0.25, 0.3) is 0 Å². The van der Waals surface area contributed by atoms with Crippen LogP contribution in [0.3, 0.4) is 0 Å². The van der Waals surface area contributed by atoms with E-state index in [-0.39, 0.29) is 31.1 Å². The normalized spacial score (nSPS) is 12.8. The van der Waals surface area contributed by atoms with Gasteiger partial charge in [0.2, 0.25) is 0 Å². The summed E-state index contributed by atoms with van der Waals surface area (Å²) in [6.45, 7) is 6.41. The fraction of sp³-hybridized carbons (Fsp3) is 0.691. The zero-order chi connectivity index (χ0) is 44.4. The second kappa shape index (κ2) is 49.2. The lowest BCUT2D eigenvalue weighted by molar-refractivity contribution is -0.167. The molecule has 348 valence electrons. The number of ether oxygens (including phenoxy) is 3. The van der Waals surface area contributed by atoms with Crippen LogP contribution in [0.15, 0.2) is 85.1 Å². The van der Waals surface area contributed by atoms with Gasteiger partial charge in [-0.15, -0.1) is 0 Å². The molecule has 0 aliphatic heterocycles. The Bertz CT molecular complexity index is 1200. The number of unbranched alkanes of at least 4 members (excludes halogenated alkanes) is 19. The van der Waals surface area contributed by atoms with E-state index >= 15 is 0 Å². The third-order valence-corrected chi connectivity index (χ3v) is 10.4. The van der Waals surface area contributed by atoms with Crippen LogP contribution < -0.4 is 0 Å². The molecule has 0 fully saturated rings. The maximum absolute atomic E-state index is 12.8. The molecule has 0 aromatic carbocycles. The van der Waals surface area contributed by atoms with Gasteiger partial charge in [-0.05, 0) is 109 Å². The van der Waals surface area contributed by atoms with Gasteiger partial charge in [0.1, 0.15) is 13.2 Å². The van der Waals surface area contributed by atoms with Crippen molar-refractivity contribution in [1.82, 2.24) is 0 Å².